The molecular formula is C16H20FN3O. The topological polar surface area (TPSA) is 70.1 Å². The van der Waals surface area contributed by atoms with Crippen LogP contribution in [-0.2, 0) is 11.3 Å². The average molecular weight is 289 g/mol. The number of hydrogen-bond donors (Lipinski definition) is 1. The molecule has 0 saturated heterocycles. The highest BCUT2D eigenvalue weighted by atomic mass is 19.1. The molecule has 0 heterocycles. The van der Waals surface area contributed by atoms with Gasteiger partial charge in [0.15, 0.2) is 0 Å². The Morgan fingerprint density at radius 2 is 2.14 bits per heavy atom. The largest absolute Gasteiger partial charge is 0.341 e. The molecule has 0 aromatic heterocycles. The number of halogens is 1. The Balaban J connectivity index is 2.16. The number of carbonyl (C=O) groups excluding carboxylic acids is 1. The number of nitrogens with zero attached hydrogens (tertiary/aromatic N) is 2. The van der Waals surface area contributed by atoms with Gasteiger partial charge in [-0.3, -0.25) is 4.79 Å². The molecule has 4 nitrogen and oxygen atoms in total. The standard InChI is InChI=1S/C16H20FN3O/c1-20(15(21)16(11-19)6-2-3-7-16)10-13-8-12(9-18)4-5-14(13)17/h4-5,8H,2-3,6-7,10-11,19H2,1H3. The van der Waals surface area contributed by atoms with Crippen LogP contribution in [0.2, 0.25) is 0 Å². The fourth-order valence-corrected chi connectivity index (χ4v) is 3.05. The van der Waals surface area contributed by atoms with Gasteiger partial charge in [0.2, 0.25) is 5.91 Å². The molecule has 1 aliphatic carbocycles. The lowest BCUT2D eigenvalue weighted by Gasteiger charge is -2.31. The first-order chi connectivity index (χ1) is 10.0. The molecule has 2 N–H and O–H groups in total. The van der Waals surface area contributed by atoms with Gasteiger partial charge < -0.3 is 10.6 Å². The fourth-order valence-electron chi connectivity index (χ4n) is 3.05. The van der Waals surface area contributed by atoms with Crippen LogP contribution in [0.4, 0.5) is 4.39 Å². The highest BCUT2D eigenvalue weighted by Gasteiger charge is 2.41. The Labute approximate surface area is 124 Å². The zero-order valence-corrected chi connectivity index (χ0v) is 12.2. The van der Waals surface area contributed by atoms with Crippen molar-refractivity contribution in [1.29, 1.82) is 5.26 Å². The van der Waals surface area contributed by atoms with Crippen molar-refractivity contribution >= 4 is 5.91 Å². The Kier molecular flexibility index (Phi) is 4.59. The van der Waals surface area contributed by atoms with Gasteiger partial charge in [-0.15, -0.1) is 0 Å². The second-order valence-corrected chi connectivity index (χ2v) is 5.77. The third kappa shape index (κ3) is 3.06. The SMILES string of the molecule is CN(Cc1cc(C#N)ccc1F)C(=O)C1(CN)CCCC1. The van der Waals surface area contributed by atoms with Crippen molar-refractivity contribution in [3.63, 3.8) is 0 Å². The van der Waals surface area contributed by atoms with Gasteiger partial charge in [0.1, 0.15) is 5.82 Å². The van der Waals surface area contributed by atoms with Crippen LogP contribution in [0.5, 0.6) is 0 Å². The Morgan fingerprint density at radius 1 is 1.48 bits per heavy atom. The van der Waals surface area contributed by atoms with Crippen molar-refractivity contribution in [3.05, 3.63) is 35.1 Å². The zero-order valence-electron chi connectivity index (χ0n) is 12.2. The summed E-state index contributed by atoms with van der Waals surface area (Å²) in [6, 6.07) is 6.16. The first-order valence-electron chi connectivity index (χ1n) is 7.16. The van der Waals surface area contributed by atoms with Gasteiger partial charge in [0.25, 0.3) is 0 Å². The summed E-state index contributed by atoms with van der Waals surface area (Å²) in [6.45, 7) is 0.485. The molecular weight excluding hydrogens is 269 g/mol. The van der Waals surface area contributed by atoms with E-state index in [1.165, 1.54) is 23.1 Å². The zero-order chi connectivity index (χ0) is 15.5. The van der Waals surface area contributed by atoms with E-state index in [2.05, 4.69) is 0 Å². The van der Waals surface area contributed by atoms with Crippen LogP contribution < -0.4 is 5.73 Å². The van der Waals surface area contributed by atoms with Crippen molar-refractivity contribution in [2.45, 2.75) is 32.2 Å². The lowest BCUT2D eigenvalue weighted by atomic mass is 9.84. The maximum Gasteiger partial charge on any atom is 0.230 e. The van der Waals surface area contributed by atoms with E-state index >= 15 is 0 Å². The van der Waals surface area contributed by atoms with Gasteiger partial charge in [-0.25, -0.2) is 4.39 Å². The van der Waals surface area contributed by atoms with Gasteiger partial charge in [0.05, 0.1) is 17.0 Å². The van der Waals surface area contributed by atoms with Crippen LogP contribution in [0.25, 0.3) is 0 Å². The summed E-state index contributed by atoms with van der Waals surface area (Å²) in [6.07, 6.45) is 3.62. The molecule has 112 valence electrons. The lowest BCUT2D eigenvalue weighted by molar-refractivity contribution is -0.140. The van der Waals surface area contributed by atoms with Crippen LogP contribution in [0, 0.1) is 22.6 Å². The van der Waals surface area contributed by atoms with E-state index in [-0.39, 0.29) is 12.5 Å². The molecule has 0 unspecified atom stereocenters. The van der Waals surface area contributed by atoms with Crippen molar-refractivity contribution < 1.29 is 9.18 Å². The molecule has 0 bridgehead atoms. The fraction of sp³-hybridized carbons (Fsp3) is 0.500. The summed E-state index contributed by atoms with van der Waals surface area (Å²) in [5.74, 6) is -0.425. The van der Waals surface area contributed by atoms with Crippen LogP contribution in [0.1, 0.15) is 36.8 Å². The van der Waals surface area contributed by atoms with Crippen LogP contribution in [-0.4, -0.2) is 24.4 Å². The van der Waals surface area contributed by atoms with Gasteiger partial charge in [-0.1, -0.05) is 12.8 Å². The van der Waals surface area contributed by atoms with E-state index in [1.54, 1.807) is 7.05 Å². The molecule has 5 heteroatoms. The number of nitrogens with two attached hydrogens (primary N) is 1. The summed E-state index contributed by atoms with van der Waals surface area (Å²) in [5.41, 5.74) is 6.07. The van der Waals surface area contributed by atoms with Gasteiger partial charge in [0, 0.05) is 25.7 Å². The first kappa shape index (κ1) is 15.5. The first-order valence-corrected chi connectivity index (χ1v) is 7.16. The molecule has 21 heavy (non-hydrogen) atoms. The minimum atomic E-state index is -0.488. The molecule has 1 aliphatic rings. The second-order valence-electron chi connectivity index (χ2n) is 5.77. The molecule has 0 spiro atoms. The molecule has 1 aromatic carbocycles. The van der Waals surface area contributed by atoms with Gasteiger partial charge in [-0.2, -0.15) is 5.26 Å². The summed E-state index contributed by atoms with van der Waals surface area (Å²) in [4.78, 5) is 14.2. The van der Waals surface area contributed by atoms with Crippen molar-refractivity contribution in [1.82, 2.24) is 4.90 Å². The second kappa shape index (κ2) is 6.23. The number of amides is 1. The molecule has 0 aliphatic heterocycles. The maximum atomic E-state index is 13.8. The van der Waals surface area contributed by atoms with E-state index < -0.39 is 11.2 Å². The quantitative estimate of drug-likeness (QED) is 0.923. The van der Waals surface area contributed by atoms with E-state index in [1.807, 2.05) is 6.07 Å². The molecule has 1 fully saturated rings. The summed E-state index contributed by atoms with van der Waals surface area (Å²) in [5, 5.41) is 8.88. The molecule has 1 saturated carbocycles. The number of rotatable bonds is 4. The van der Waals surface area contributed by atoms with E-state index in [9.17, 15) is 9.18 Å². The van der Waals surface area contributed by atoms with Gasteiger partial charge in [-0.05, 0) is 31.0 Å². The number of hydrogen-bond acceptors (Lipinski definition) is 3. The molecule has 1 aromatic rings. The Hall–Kier alpha value is -1.93. The summed E-state index contributed by atoms with van der Waals surface area (Å²) < 4.78 is 13.8. The Bertz CT molecular complexity index is 573. The predicted molar refractivity (Wildman–Crippen MR) is 77.5 cm³/mol. The third-order valence-electron chi connectivity index (χ3n) is 4.33. The maximum absolute atomic E-state index is 13.8. The monoisotopic (exact) mass is 289 g/mol. The molecule has 2 rings (SSSR count). The minimum Gasteiger partial charge on any atom is -0.341 e. The van der Waals surface area contributed by atoms with Crippen molar-refractivity contribution in [2.24, 2.45) is 11.1 Å². The smallest absolute Gasteiger partial charge is 0.230 e. The van der Waals surface area contributed by atoms with Gasteiger partial charge >= 0.3 is 0 Å². The normalized spacial score (nSPS) is 16.5. The van der Waals surface area contributed by atoms with E-state index in [4.69, 9.17) is 11.0 Å². The molecule has 0 atom stereocenters. The number of carbonyl (C=O) groups is 1. The lowest BCUT2D eigenvalue weighted by Crippen LogP contribution is -2.44. The van der Waals surface area contributed by atoms with Crippen LogP contribution in [0.15, 0.2) is 18.2 Å². The highest BCUT2D eigenvalue weighted by Crippen LogP contribution is 2.38. The predicted octanol–water partition coefficient (Wildman–Crippen LogP) is 2.17. The summed E-state index contributed by atoms with van der Waals surface area (Å²) in [7, 11) is 1.66. The Morgan fingerprint density at radius 3 is 2.71 bits per heavy atom. The van der Waals surface area contributed by atoms with Crippen molar-refractivity contribution in [3.8, 4) is 6.07 Å². The molecule has 1 amide bonds. The van der Waals surface area contributed by atoms with E-state index in [0.29, 0.717) is 17.7 Å². The van der Waals surface area contributed by atoms with Crippen LogP contribution >= 0.6 is 0 Å². The number of nitriles is 1. The van der Waals surface area contributed by atoms with Crippen LogP contribution in [0.3, 0.4) is 0 Å². The third-order valence-corrected chi connectivity index (χ3v) is 4.33. The summed E-state index contributed by atoms with van der Waals surface area (Å²) >= 11 is 0. The molecule has 0 radical (unpaired) electrons. The van der Waals surface area contributed by atoms with E-state index in [0.717, 1.165) is 25.7 Å². The highest BCUT2D eigenvalue weighted by molar-refractivity contribution is 5.83. The average Bonchev–Trinajstić information content (AvgIpc) is 2.98. The number of benzene rings is 1. The minimum absolute atomic E-state index is 0.0238. The van der Waals surface area contributed by atoms with Crippen molar-refractivity contribution in [2.75, 3.05) is 13.6 Å².